The molecule has 5 heteroatoms. The van der Waals surface area contributed by atoms with E-state index in [2.05, 4.69) is 16.8 Å². The van der Waals surface area contributed by atoms with Gasteiger partial charge >= 0.3 is 0 Å². The maximum Gasteiger partial charge on any atom is 0.240 e. The lowest BCUT2D eigenvalue weighted by Crippen LogP contribution is -2.56. The molecule has 1 aromatic rings. The highest BCUT2D eigenvalue weighted by molar-refractivity contribution is 6.30. The van der Waals surface area contributed by atoms with Gasteiger partial charge in [-0.25, -0.2) is 0 Å². The molecule has 4 nitrogen and oxygen atoms in total. The number of likely N-dealkylation sites (tertiary alicyclic amines) is 1. The third-order valence-corrected chi connectivity index (χ3v) is 4.98. The molecule has 2 saturated heterocycles. The Morgan fingerprint density at radius 3 is 2.68 bits per heavy atom. The van der Waals surface area contributed by atoms with Crippen LogP contribution in [0.5, 0.6) is 0 Å². The Balaban J connectivity index is 1.65. The van der Waals surface area contributed by atoms with Crippen molar-refractivity contribution in [3.05, 3.63) is 34.9 Å². The van der Waals surface area contributed by atoms with Crippen molar-refractivity contribution in [2.75, 3.05) is 39.8 Å². The second-order valence-corrected chi connectivity index (χ2v) is 6.82. The molecule has 1 unspecified atom stereocenters. The van der Waals surface area contributed by atoms with Gasteiger partial charge in [-0.1, -0.05) is 23.7 Å². The van der Waals surface area contributed by atoms with E-state index in [9.17, 15) is 4.79 Å². The first-order valence-corrected chi connectivity index (χ1v) is 8.47. The van der Waals surface area contributed by atoms with Crippen molar-refractivity contribution in [2.45, 2.75) is 25.4 Å². The van der Waals surface area contributed by atoms with Crippen LogP contribution in [-0.2, 0) is 11.3 Å². The summed E-state index contributed by atoms with van der Waals surface area (Å²) in [7, 11) is 2.14. The molecule has 2 aliphatic heterocycles. The van der Waals surface area contributed by atoms with Crippen molar-refractivity contribution in [1.82, 2.24) is 14.7 Å². The van der Waals surface area contributed by atoms with Crippen LogP contribution in [0.2, 0.25) is 5.02 Å². The third-order valence-electron chi connectivity index (χ3n) is 4.74. The Hall–Kier alpha value is -1.10. The summed E-state index contributed by atoms with van der Waals surface area (Å²) in [6, 6.07) is 7.88. The van der Waals surface area contributed by atoms with Gasteiger partial charge in [0.15, 0.2) is 0 Å². The maximum absolute atomic E-state index is 12.8. The lowest BCUT2D eigenvalue weighted by Gasteiger charge is -2.41. The first kappa shape index (κ1) is 15.8. The molecule has 1 atom stereocenters. The number of piperidine rings is 1. The van der Waals surface area contributed by atoms with E-state index in [4.69, 9.17) is 11.6 Å². The number of halogens is 1. The van der Waals surface area contributed by atoms with Crippen molar-refractivity contribution >= 4 is 17.5 Å². The minimum atomic E-state index is 0.0710. The van der Waals surface area contributed by atoms with Gasteiger partial charge in [-0.3, -0.25) is 9.69 Å². The molecule has 22 heavy (non-hydrogen) atoms. The van der Waals surface area contributed by atoms with E-state index in [-0.39, 0.29) is 11.9 Å². The van der Waals surface area contributed by atoms with Crippen molar-refractivity contribution in [2.24, 2.45) is 0 Å². The van der Waals surface area contributed by atoms with E-state index in [0.29, 0.717) is 6.54 Å². The van der Waals surface area contributed by atoms with Gasteiger partial charge in [0.05, 0.1) is 6.04 Å². The largest absolute Gasteiger partial charge is 0.337 e. The van der Waals surface area contributed by atoms with Crippen molar-refractivity contribution in [3.63, 3.8) is 0 Å². The van der Waals surface area contributed by atoms with Gasteiger partial charge < -0.3 is 9.80 Å². The van der Waals surface area contributed by atoms with Crippen molar-refractivity contribution in [1.29, 1.82) is 0 Å². The average molecular weight is 322 g/mol. The molecule has 1 aromatic carbocycles. The summed E-state index contributed by atoms with van der Waals surface area (Å²) in [5.74, 6) is 0.288. The van der Waals surface area contributed by atoms with Crippen LogP contribution in [-0.4, -0.2) is 66.4 Å². The van der Waals surface area contributed by atoms with Gasteiger partial charge in [-0.2, -0.15) is 0 Å². The Morgan fingerprint density at radius 2 is 1.95 bits per heavy atom. The van der Waals surface area contributed by atoms with Crippen LogP contribution in [0.3, 0.4) is 0 Å². The molecular formula is C17H24ClN3O. The van der Waals surface area contributed by atoms with Gasteiger partial charge in [-0.05, 0) is 37.6 Å². The summed E-state index contributed by atoms with van der Waals surface area (Å²) in [5.41, 5.74) is 1.11. The molecule has 2 fully saturated rings. The standard InChI is InChI=1S/C17H24ClN3O/c1-19-8-10-20(11-9-19)16-6-3-7-21(17(16)22)13-14-4-2-5-15(18)12-14/h2,4-5,12,16H,3,6-11,13H2,1H3. The summed E-state index contributed by atoms with van der Waals surface area (Å²) >= 11 is 6.05. The number of benzene rings is 1. The number of piperazine rings is 1. The minimum Gasteiger partial charge on any atom is -0.337 e. The number of carbonyl (C=O) groups is 1. The lowest BCUT2D eigenvalue weighted by atomic mass is 10.0. The monoisotopic (exact) mass is 321 g/mol. The first-order valence-electron chi connectivity index (χ1n) is 8.09. The van der Waals surface area contributed by atoms with Crippen LogP contribution in [0.25, 0.3) is 0 Å². The second-order valence-electron chi connectivity index (χ2n) is 6.39. The predicted molar refractivity (Wildman–Crippen MR) is 89.0 cm³/mol. The zero-order valence-electron chi connectivity index (χ0n) is 13.2. The van der Waals surface area contributed by atoms with Crippen LogP contribution in [0.1, 0.15) is 18.4 Å². The Morgan fingerprint density at radius 1 is 1.18 bits per heavy atom. The molecule has 0 aliphatic carbocycles. The number of amides is 1. The van der Waals surface area contributed by atoms with Crippen LogP contribution >= 0.6 is 11.6 Å². The number of carbonyl (C=O) groups excluding carboxylic acids is 1. The van der Waals surface area contributed by atoms with Crippen LogP contribution in [0.15, 0.2) is 24.3 Å². The summed E-state index contributed by atoms with van der Waals surface area (Å²) in [5, 5.41) is 0.734. The Bertz CT molecular complexity index is 528. The zero-order valence-corrected chi connectivity index (χ0v) is 13.9. The Labute approximate surface area is 137 Å². The number of rotatable bonds is 3. The Kier molecular flexibility index (Phi) is 5.01. The normalized spacial score (nSPS) is 24.7. The van der Waals surface area contributed by atoms with E-state index in [1.54, 1.807) is 0 Å². The fraction of sp³-hybridized carbons (Fsp3) is 0.588. The lowest BCUT2D eigenvalue weighted by molar-refractivity contribution is -0.141. The number of hydrogen-bond acceptors (Lipinski definition) is 3. The molecule has 0 aromatic heterocycles. The predicted octanol–water partition coefficient (Wildman–Crippen LogP) is 2.08. The molecule has 0 bridgehead atoms. The van der Waals surface area contributed by atoms with Gasteiger partial charge in [-0.15, -0.1) is 0 Å². The van der Waals surface area contributed by atoms with Crippen LogP contribution < -0.4 is 0 Å². The summed E-state index contributed by atoms with van der Waals surface area (Å²) < 4.78 is 0. The molecule has 3 rings (SSSR count). The quantitative estimate of drug-likeness (QED) is 0.853. The molecular weight excluding hydrogens is 298 g/mol. The fourth-order valence-electron chi connectivity index (χ4n) is 3.40. The average Bonchev–Trinajstić information content (AvgIpc) is 2.51. The molecule has 1 amide bonds. The van der Waals surface area contributed by atoms with Crippen molar-refractivity contribution < 1.29 is 4.79 Å². The van der Waals surface area contributed by atoms with Gasteiger partial charge in [0.1, 0.15) is 0 Å². The first-order chi connectivity index (χ1) is 10.6. The summed E-state index contributed by atoms with van der Waals surface area (Å²) in [6.07, 6.45) is 2.08. The van der Waals surface area contributed by atoms with E-state index < -0.39 is 0 Å². The molecule has 0 N–H and O–H groups in total. The minimum absolute atomic E-state index is 0.0710. The second kappa shape index (κ2) is 6.99. The molecule has 0 saturated carbocycles. The number of nitrogens with zero attached hydrogens (tertiary/aromatic N) is 3. The van der Waals surface area contributed by atoms with Crippen LogP contribution in [0, 0.1) is 0 Å². The number of hydrogen-bond donors (Lipinski definition) is 0. The molecule has 2 heterocycles. The SMILES string of the molecule is CN1CCN(C2CCCN(Cc3cccc(Cl)c3)C2=O)CC1. The molecule has 2 aliphatic rings. The third kappa shape index (κ3) is 3.62. The van der Waals surface area contributed by atoms with Gasteiger partial charge in [0.25, 0.3) is 0 Å². The van der Waals surface area contributed by atoms with Crippen molar-refractivity contribution in [3.8, 4) is 0 Å². The maximum atomic E-state index is 12.8. The summed E-state index contributed by atoms with van der Waals surface area (Å²) in [4.78, 5) is 19.5. The van der Waals surface area contributed by atoms with E-state index in [1.165, 1.54) is 0 Å². The molecule has 120 valence electrons. The van der Waals surface area contributed by atoms with Crippen LogP contribution in [0.4, 0.5) is 0 Å². The summed E-state index contributed by atoms with van der Waals surface area (Å²) in [6.45, 7) is 5.63. The highest BCUT2D eigenvalue weighted by atomic mass is 35.5. The topological polar surface area (TPSA) is 26.8 Å². The fourth-order valence-corrected chi connectivity index (χ4v) is 3.62. The van der Waals surface area contributed by atoms with E-state index >= 15 is 0 Å². The zero-order chi connectivity index (χ0) is 15.5. The van der Waals surface area contributed by atoms with Gasteiger partial charge in [0.2, 0.25) is 5.91 Å². The highest BCUT2D eigenvalue weighted by Gasteiger charge is 2.34. The smallest absolute Gasteiger partial charge is 0.240 e. The van der Waals surface area contributed by atoms with E-state index in [0.717, 1.165) is 56.2 Å². The molecule has 0 spiro atoms. The van der Waals surface area contributed by atoms with E-state index in [1.807, 2.05) is 29.2 Å². The highest BCUT2D eigenvalue weighted by Crippen LogP contribution is 2.21. The molecule has 0 radical (unpaired) electrons. The number of likely N-dealkylation sites (N-methyl/N-ethyl adjacent to an activating group) is 1. The van der Waals surface area contributed by atoms with Gasteiger partial charge in [0, 0.05) is 44.3 Å².